The fraction of sp³-hybridized carbons (Fsp3) is 0.500. The van der Waals surface area contributed by atoms with Crippen LogP contribution in [0.2, 0.25) is 0 Å². The summed E-state index contributed by atoms with van der Waals surface area (Å²) in [4.78, 5) is 1.88. The number of nitrogens with zero attached hydrogens (tertiary/aromatic N) is 1. The largest absolute Gasteiger partial charge is 0.395 e. The summed E-state index contributed by atoms with van der Waals surface area (Å²) in [5, 5.41) is 0. The Bertz CT molecular complexity index is 559. The first-order valence-electron chi connectivity index (χ1n) is 6.34. The van der Waals surface area contributed by atoms with E-state index < -0.39 is 15.8 Å². The molecule has 1 aromatic rings. The second-order valence-electron chi connectivity index (χ2n) is 4.50. The summed E-state index contributed by atoms with van der Waals surface area (Å²) in [6, 6.07) is 3.74. The molecule has 0 amide bonds. The summed E-state index contributed by atoms with van der Waals surface area (Å²) >= 11 is 0. The lowest BCUT2D eigenvalue weighted by atomic mass is 10.3. The van der Waals surface area contributed by atoms with Crippen LogP contribution in [-0.4, -0.2) is 52.7 Å². The first-order chi connectivity index (χ1) is 9.50. The van der Waals surface area contributed by atoms with E-state index in [1.807, 2.05) is 0 Å². The molecule has 1 fully saturated rings. The van der Waals surface area contributed by atoms with Gasteiger partial charge in [-0.1, -0.05) is 6.07 Å². The van der Waals surface area contributed by atoms with Gasteiger partial charge in [-0.05, 0) is 12.1 Å². The number of ether oxygens (including phenoxy) is 1. The van der Waals surface area contributed by atoms with E-state index in [1.54, 1.807) is 0 Å². The van der Waals surface area contributed by atoms with E-state index in [9.17, 15) is 12.8 Å². The number of para-hydroxylation sites is 1. The van der Waals surface area contributed by atoms with E-state index in [0.29, 0.717) is 19.8 Å². The van der Waals surface area contributed by atoms with Gasteiger partial charge in [0.05, 0.1) is 18.9 Å². The number of nitrogen functional groups attached to an aromatic ring is 1. The van der Waals surface area contributed by atoms with Crippen LogP contribution in [-0.2, 0) is 14.8 Å². The zero-order chi connectivity index (χ0) is 14.6. The highest BCUT2D eigenvalue weighted by Crippen LogP contribution is 2.20. The molecule has 0 atom stereocenters. The summed E-state index contributed by atoms with van der Waals surface area (Å²) in [5.41, 5.74) is 5.11. The van der Waals surface area contributed by atoms with Gasteiger partial charge < -0.3 is 10.5 Å². The van der Waals surface area contributed by atoms with Crippen LogP contribution in [0.25, 0.3) is 0 Å². The Balaban J connectivity index is 1.95. The van der Waals surface area contributed by atoms with Crippen LogP contribution >= 0.6 is 0 Å². The molecule has 0 spiro atoms. The highest BCUT2D eigenvalue weighted by molar-refractivity contribution is 7.89. The van der Waals surface area contributed by atoms with Crippen LogP contribution in [0.1, 0.15) is 0 Å². The molecule has 6 nitrogen and oxygen atoms in total. The average molecular weight is 303 g/mol. The van der Waals surface area contributed by atoms with Crippen molar-refractivity contribution in [3.05, 3.63) is 24.0 Å². The third-order valence-electron chi connectivity index (χ3n) is 3.13. The summed E-state index contributed by atoms with van der Waals surface area (Å²) in [7, 11) is -3.79. The number of sulfonamides is 1. The van der Waals surface area contributed by atoms with Crippen molar-refractivity contribution in [3.63, 3.8) is 0 Å². The van der Waals surface area contributed by atoms with Crippen molar-refractivity contribution in [2.75, 3.05) is 45.1 Å². The fourth-order valence-corrected chi connectivity index (χ4v) is 3.15. The molecular formula is C12H18FN3O3S. The number of hydrogen-bond acceptors (Lipinski definition) is 5. The van der Waals surface area contributed by atoms with Gasteiger partial charge >= 0.3 is 0 Å². The van der Waals surface area contributed by atoms with Crippen molar-refractivity contribution in [2.24, 2.45) is 0 Å². The molecule has 0 radical (unpaired) electrons. The number of morpholine rings is 1. The van der Waals surface area contributed by atoms with E-state index in [4.69, 9.17) is 10.5 Å². The van der Waals surface area contributed by atoms with Gasteiger partial charge in [0.25, 0.3) is 0 Å². The van der Waals surface area contributed by atoms with Crippen molar-refractivity contribution < 1.29 is 17.5 Å². The molecule has 1 aliphatic rings. The Kier molecular flexibility index (Phi) is 4.92. The quantitative estimate of drug-likeness (QED) is 0.749. The van der Waals surface area contributed by atoms with Crippen LogP contribution < -0.4 is 10.5 Å². The average Bonchev–Trinajstić information content (AvgIpc) is 2.42. The molecule has 0 aromatic heterocycles. The van der Waals surface area contributed by atoms with Crippen molar-refractivity contribution in [3.8, 4) is 0 Å². The highest BCUT2D eigenvalue weighted by Gasteiger charge is 2.19. The number of hydrogen-bond donors (Lipinski definition) is 2. The van der Waals surface area contributed by atoms with Gasteiger partial charge in [-0.25, -0.2) is 17.5 Å². The number of nitrogens with two attached hydrogens (primary N) is 1. The standard InChI is InChI=1S/C12H18FN3O3S/c13-10-2-1-3-11(12(10)14)20(17,18)15-4-5-16-6-8-19-9-7-16/h1-3,15H,4-9,14H2. The Hall–Kier alpha value is -1.22. The predicted molar refractivity (Wildman–Crippen MR) is 73.3 cm³/mol. The molecule has 2 rings (SSSR count). The van der Waals surface area contributed by atoms with Gasteiger partial charge in [0.1, 0.15) is 10.7 Å². The van der Waals surface area contributed by atoms with Crippen LogP contribution in [0.4, 0.5) is 10.1 Å². The van der Waals surface area contributed by atoms with E-state index >= 15 is 0 Å². The second kappa shape index (κ2) is 6.49. The van der Waals surface area contributed by atoms with E-state index in [2.05, 4.69) is 9.62 Å². The van der Waals surface area contributed by atoms with Crippen molar-refractivity contribution >= 4 is 15.7 Å². The van der Waals surface area contributed by atoms with E-state index in [0.717, 1.165) is 19.2 Å². The van der Waals surface area contributed by atoms with Crippen LogP contribution in [0.15, 0.2) is 23.1 Å². The van der Waals surface area contributed by atoms with Crippen LogP contribution in [0, 0.1) is 5.82 Å². The van der Waals surface area contributed by atoms with Crippen molar-refractivity contribution in [1.29, 1.82) is 0 Å². The van der Waals surface area contributed by atoms with Gasteiger partial charge in [-0.3, -0.25) is 4.90 Å². The lowest BCUT2D eigenvalue weighted by Crippen LogP contribution is -2.41. The summed E-state index contributed by atoms with van der Waals surface area (Å²) < 4.78 is 45.0. The van der Waals surface area contributed by atoms with Gasteiger partial charge in [-0.2, -0.15) is 0 Å². The molecule has 1 heterocycles. The lowest BCUT2D eigenvalue weighted by molar-refractivity contribution is 0.0390. The summed E-state index contributed by atoms with van der Waals surface area (Å²) in [5.74, 6) is -0.735. The molecule has 0 bridgehead atoms. The van der Waals surface area contributed by atoms with Gasteiger partial charge in [0, 0.05) is 26.2 Å². The Morgan fingerprint density at radius 2 is 2.05 bits per heavy atom. The molecule has 1 aliphatic heterocycles. The minimum atomic E-state index is -3.79. The molecular weight excluding hydrogens is 285 g/mol. The van der Waals surface area contributed by atoms with Gasteiger partial charge in [0.2, 0.25) is 10.0 Å². The van der Waals surface area contributed by atoms with Crippen molar-refractivity contribution in [2.45, 2.75) is 4.90 Å². The number of nitrogens with one attached hydrogen (secondary N) is 1. The smallest absolute Gasteiger partial charge is 0.242 e. The minimum absolute atomic E-state index is 0.223. The minimum Gasteiger partial charge on any atom is -0.395 e. The monoisotopic (exact) mass is 303 g/mol. The zero-order valence-corrected chi connectivity index (χ0v) is 11.8. The molecule has 1 saturated heterocycles. The zero-order valence-electron chi connectivity index (χ0n) is 11.0. The molecule has 112 valence electrons. The molecule has 20 heavy (non-hydrogen) atoms. The maximum absolute atomic E-state index is 13.3. The maximum Gasteiger partial charge on any atom is 0.242 e. The number of halogens is 1. The van der Waals surface area contributed by atoms with Crippen LogP contribution in [0.3, 0.4) is 0 Å². The highest BCUT2D eigenvalue weighted by atomic mass is 32.2. The molecule has 8 heteroatoms. The maximum atomic E-state index is 13.3. The Morgan fingerprint density at radius 1 is 1.35 bits per heavy atom. The fourth-order valence-electron chi connectivity index (χ4n) is 1.99. The number of rotatable bonds is 5. The Morgan fingerprint density at radius 3 is 2.75 bits per heavy atom. The van der Waals surface area contributed by atoms with Gasteiger partial charge in [-0.15, -0.1) is 0 Å². The molecule has 0 unspecified atom stereocenters. The first-order valence-corrected chi connectivity index (χ1v) is 7.83. The van der Waals surface area contributed by atoms with E-state index in [-0.39, 0.29) is 17.1 Å². The molecule has 0 aliphatic carbocycles. The second-order valence-corrected chi connectivity index (χ2v) is 6.24. The third-order valence-corrected chi connectivity index (χ3v) is 4.65. The first kappa shape index (κ1) is 15.2. The topological polar surface area (TPSA) is 84.7 Å². The predicted octanol–water partition coefficient (Wildman–Crippen LogP) is 0.0184. The third kappa shape index (κ3) is 3.66. The SMILES string of the molecule is Nc1c(F)cccc1S(=O)(=O)NCCN1CCOCC1. The lowest BCUT2D eigenvalue weighted by Gasteiger charge is -2.26. The van der Waals surface area contributed by atoms with Gasteiger partial charge in [0.15, 0.2) is 0 Å². The van der Waals surface area contributed by atoms with Crippen LogP contribution in [0.5, 0.6) is 0 Å². The Labute approximate surface area is 117 Å². The van der Waals surface area contributed by atoms with E-state index in [1.165, 1.54) is 12.1 Å². The number of benzene rings is 1. The summed E-state index contributed by atoms with van der Waals surface area (Å²) in [6.07, 6.45) is 0. The molecule has 1 aromatic carbocycles. The van der Waals surface area contributed by atoms with Crippen molar-refractivity contribution in [1.82, 2.24) is 9.62 Å². The molecule has 0 saturated carbocycles. The normalized spacial score (nSPS) is 17.2. The molecule has 3 N–H and O–H groups in total. The number of anilines is 1. The summed E-state index contributed by atoms with van der Waals surface area (Å²) in [6.45, 7) is 3.71.